The number of anilines is 1. The van der Waals surface area contributed by atoms with E-state index in [1.54, 1.807) is 24.3 Å². The zero-order valence-corrected chi connectivity index (χ0v) is 12.7. The highest BCUT2D eigenvalue weighted by atomic mass is 35.5. The first-order valence-corrected chi connectivity index (χ1v) is 7.06. The molecule has 0 aliphatic carbocycles. The van der Waals surface area contributed by atoms with Gasteiger partial charge in [-0.15, -0.1) is 0 Å². The van der Waals surface area contributed by atoms with E-state index in [2.05, 4.69) is 10.4 Å². The minimum atomic E-state index is -5.00. The van der Waals surface area contributed by atoms with E-state index >= 15 is 0 Å². The third kappa shape index (κ3) is 2.66. The topological polar surface area (TPSA) is 70.3 Å². The Kier molecular flexibility index (Phi) is 3.40. The number of aliphatic hydroxyl groups is 2. The second kappa shape index (κ2) is 4.86. The molecule has 124 valence electrons. The quantitative estimate of drug-likeness (QED) is 0.742. The van der Waals surface area contributed by atoms with E-state index in [1.807, 2.05) is 0 Å². The van der Waals surface area contributed by atoms with E-state index in [4.69, 9.17) is 11.6 Å². The highest BCUT2D eigenvalue weighted by Crippen LogP contribution is 2.46. The summed E-state index contributed by atoms with van der Waals surface area (Å²) in [6.45, 7) is 1.15. The number of nitrogens with zero attached hydrogens (tertiary/aromatic N) is 2. The summed E-state index contributed by atoms with van der Waals surface area (Å²) in [5.74, 6) is -0.133. The Bertz CT molecular complexity index is 743. The molecule has 3 rings (SSSR count). The Morgan fingerprint density at radius 2 is 1.87 bits per heavy atom. The van der Waals surface area contributed by atoms with Crippen molar-refractivity contribution in [2.24, 2.45) is 0 Å². The van der Waals surface area contributed by atoms with Crippen LogP contribution in [-0.4, -0.2) is 31.9 Å². The van der Waals surface area contributed by atoms with Crippen LogP contribution in [0, 0.1) is 0 Å². The molecule has 2 aromatic rings. The van der Waals surface area contributed by atoms with Crippen molar-refractivity contribution < 1.29 is 23.4 Å². The lowest BCUT2D eigenvalue weighted by Gasteiger charge is -2.42. The Labute approximate surface area is 134 Å². The van der Waals surface area contributed by atoms with Gasteiger partial charge >= 0.3 is 6.18 Å². The smallest absolute Gasteiger partial charge is 0.371 e. The predicted molar refractivity (Wildman–Crippen MR) is 77.8 cm³/mol. The molecule has 2 atom stereocenters. The van der Waals surface area contributed by atoms with Crippen LogP contribution in [0.1, 0.15) is 13.3 Å². The second-order valence-corrected chi connectivity index (χ2v) is 6.16. The average Bonchev–Trinajstić information content (AvgIpc) is 2.81. The fourth-order valence-corrected chi connectivity index (χ4v) is 2.74. The Hall–Kier alpha value is -1.77. The molecule has 0 fully saturated rings. The summed E-state index contributed by atoms with van der Waals surface area (Å²) < 4.78 is 40.5. The van der Waals surface area contributed by atoms with E-state index in [0.29, 0.717) is 15.3 Å². The van der Waals surface area contributed by atoms with E-state index in [-0.39, 0.29) is 11.5 Å². The standard InChI is InChI=1S/C14H13ClF3N3O2/c1-12(22)7-13(23,14(16,17)18)21-11(19-12)6-10(20-21)8-2-4-9(15)5-3-8/h2-6,19,22-23H,7H2,1H3. The van der Waals surface area contributed by atoms with Gasteiger partial charge in [-0.05, 0) is 19.1 Å². The van der Waals surface area contributed by atoms with Crippen LogP contribution in [-0.2, 0) is 5.72 Å². The van der Waals surface area contributed by atoms with Crippen molar-refractivity contribution in [3.05, 3.63) is 35.4 Å². The first kappa shape index (κ1) is 16.1. The van der Waals surface area contributed by atoms with Crippen LogP contribution in [0.5, 0.6) is 0 Å². The van der Waals surface area contributed by atoms with Crippen molar-refractivity contribution in [2.75, 3.05) is 5.32 Å². The molecule has 0 amide bonds. The lowest BCUT2D eigenvalue weighted by molar-refractivity contribution is -0.318. The summed E-state index contributed by atoms with van der Waals surface area (Å²) in [6.07, 6.45) is -5.99. The fourth-order valence-electron chi connectivity index (χ4n) is 2.61. The summed E-state index contributed by atoms with van der Waals surface area (Å²) in [6, 6.07) is 7.68. The van der Waals surface area contributed by atoms with Crippen molar-refractivity contribution in [2.45, 2.75) is 31.0 Å². The Balaban J connectivity index is 2.14. The zero-order chi connectivity index (χ0) is 17.0. The van der Waals surface area contributed by atoms with Gasteiger partial charge in [-0.1, -0.05) is 23.7 Å². The van der Waals surface area contributed by atoms with Crippen molar-refractivity contribution in [3.63, 3.8) is 0 Å². The first-order valence-electron chi connectivity index (χ1n) is 6.68. The van der Waals surface area contributed by atoms with Gasteiger partial charge in [0.1, 0.15) is 11.5 Å². The number of fused-ring (bicyclic) bond motifs is 1. The molecular weight excluding hydrogens is 335 g/mol. The number of halogens is 4. The van der Waals surface area contributed by atoms with Gasteiger partial charge in [-0.2, -0.15) is 18.3 Å². The molecule has 0 bridgehead atoms. The third-order valence-corrected chi connectivity index (χ3v) is 3.89. The van der Waals surface area contributed by atoms with Gasteiger partial charge in [0.05, 0.1) is 12.1 Å². The van der Waals surface area contributed by atoms with Crippen molar-refractivity contribution in [3.8, 4) is 11.3 Å². The highest BCUT2D eigenvalue weighted by molar-refractivity contribution is 6.30. The van der Waals surface area contributed by atoms with E-state index in [9.17, 15) is 23.4 Å². The third-order valence-electron chi connectivity index (χ3n) is 3.64. The summed E-state index contributed by atoms with van der Waals surface area (Å²) in [7, 11) is 0. The number of hydrogen-bond donors (Lipinski definition) is 3. The minimum absolute atomic E-state index is 0.133. The molecule has 5 nitrogen and oxygen atoms in total. The zero-order valence-electron chi connectivity index (χ0n) is 11.9. The number of hydrogen-bond acceptors (Lipinski definition) is 4. The Morgan fingerprint density at radius 3 is 2.43 bits per heavy atom. The van der Waals surface area contributed by atoms with Crippen LogP contribution in [0.25, 0.3) is 11.3 Å². The molecule has 23 heavy (non-hydrogen) atoms. The molecule has 3 N–H and O–H groups in total. The molecule has 0 saturated carbocycles. The summed E-state index contributed by atoms with van der Waals surface area (Å²) in [4.78, 5) is 0. The maximum Gasteiger partial charge on any atom is 0.438 e. The molecule has 0 spiro atoms. The van der Waals surface area contributed by atoms with Crippen molar-refractivity contribution >= 4 is 17.4 Å². The monoisotopic (exact) mass is 347 g/mol. The molecule has 2 unspecified atom stereocenters. The fraction of sp³-hybridized carbons (Fsp3) is 0.357. The molecule has 1 aliphatic heterocycles. The molecule has 1 aromatic carbocycles. The van der Waals surface area contributed by atoms with Gasteiger partial charge < -0.3 is 15.5 Å². The number of alkyl halides is 3. The largest absolute Gasteiger partial charge is 0.438 e. The van der Waals surface area contributed by atoms with E-state index in [1.165, 1.54) is 6.07 Å². The van der Waals surface area contributed by atoms with Gasteiger partial charge in [-0.3, -0.25) is 0 Å². The summed E-state index contributed by atoms with van der Waals surface area (Å²) in [5.41, 5.74) is -4.49. The number of benzene rings is 1. The van der Waals surface area contributed by atoms with Gasteiger partial charge in [0.15, 0.2) is 0 Å². The summed E-state index contributed by atoms with van der Waals surface area (Å²) >= 11 is 5.78. The SMILES string of the molecule is CC1(O)CC(O)(C(F)(F)F)n2nc(-c3ccc(Cl)cc3)cc2N1. The van der Waals surface area contributed by atoms with Crippen LogP contribution >= 0.6 is 11.6 Å². The molecular formula is C14H13ClF3N3O2. The minimum Gasteiger partial charge on any atom is -0.371 e. The second-order valence-electron chi connectivity index (χ2n) is 5.72. The van der Waals surface area contributed by atoms with Gasteiger partial charge in [0, 0.05) is 16.7 Å². The molecule has 2 heterocycles. The molecule has 9 heteroatoms. The van der Waals surface area contributed by atoms with Gasteiger partial charge in [0.25, 0.3) is 5.72 Å². The maximum atomic E-state index is 13.3. The first-order chi connectivity index (χ1) is 10.5. The van der Waals surface area contributed by atoms with Gasteiger partial charge in [0.2, 0.25) is 0 Å². The normalized spacial score (nSPS) is 27.4. The van der Waals surface area contributed by atoms with E-state index < -0.39 is 24.0 Å². The number of nitrogens with one attached hydrogen (secondary N) is 1. The molecule has 1 aromatic heterocycles. The van der Waals surface area contributed by atoms with Crippen LogP contribution in [0.4, 0.5) is 19.0 Å². The molecule has 0 radical (unpaired) electrons. The van der Waals surface area contributed by atoms with Crippen molar-refractivity contribution in [1.29, 1.82) is 0 Å². The van der Waals surface area contributed by atoms with E-state index in [0.717, 1.165) is 6.92 Å². The number of aromatic nitrogens is 2. The van der Waals surface area contributed by atoms with Gasteiger partial charge in [-0.25, -0.2) is 4.68 Å². The maximum absolute atomic E-state index is 13.3. The average molecular weight is 348 g/mol. The van der Waals surface area contributed by atoms with Crippen LogP contribution in [0.3, 0.4) is 0 Å². The van der Waals surface area contributed by atoms with Crippen LogP contribution in [0.2, 0.25) is 5.02 Å². The lowest BCUT2D eigenvalue weighted by Crippen LogP contribution is -2.58. The lowest BCUT2D eigenvalue weighted by atomic mass is 9.98. The highest BCUT2D eigenvalue weighted by Gasteiger charge is 2.62. The molecule has 0 saturated heterocycles. The number of rotatable bonds is 1. The van der Waals surface area contributed by atoms with Crippen LogP contribution < -0.4 is 5.32 Å². The summed E-state index contributed by atoms with van der Waals surface area (Å²) in [5, 5.41) is 27.0. The predicted octanol–water partition coefficient (Wildman–Crippen LogP) is 2.94. The Morgan fingerprint density at radius 1 is 1.26 bits per heavy atom. The van der Waals surface area contributed by atoms with Crippen LogP contribution in [0.15, 0.2) is 30.3 Å². The molecule has 1 aliphatic rings. The van der Waals surface area contributed by atoms with Crippen molar-refractivity contribution in [1.82, 2.24) is 9.78 Å².